The third kappa shape index (κ3) is 3.44. The van der Waals surface area contributed by atoms with Crippen LogP contribution in [0.1, 0.15) is 18.5 Å². The van der Waals surface area contributed by atoms with Crippen LogP contribution >= 0.6 is 0 Å². The fraction of sp³-hybridized carbons (Fsp3) is 0.750. The van der Waals surface area contributed by atoms with E-state index in [-0.39, 0.29) is 0 Å². The molecule has 1 aliphatic rings. The predicted octanol–water partition coefficient (Wildman–Crippen LogP) is 1.43. The maximum Gasteiger partial charge on any atom is 0.203 e. The number of nitrogens with zero attached hydrogens (tertiary/aromatic N) is 2. The van der Waals surface area contributed by atoms with Crippen LogP contribution in [0.2, 0.25) is 0 Å². The van der Waals surface area contributed by atoms with Crippen molar-refractivity contribution in [3.63, 3.8) is 0 Å². The largest absolute Gasteiger partial charge is 0.383 e. The Hall–Kier alpha value is -1.07. The van der Waals surface area contributed by atoms with E-state index < -0.39 is 0 Å². The van der Waals surface area contributed by atoms with Gasteiger partial charge >= 0.3 is 0 Å². The van der Waals surface area contributed by atoms with E-state index in [4.69, 9.17) is 9.47 Å². The monoisotopic (exact) mass is 239 g/mol. The van der Waals surface area contributed by atoms with Gasteiger partial charge in [-0.05, 0) is 19.8 Å². The Balaban J connectivity index is 1.97. The number of nitrogens with one attached hydrogen (secondary N) is 1. The minimum Gasteiger partial charge on any atom is -0.383 e. The van der Waals surface area contributed by atoms with Crippen LogP contribution in [0, 0.1) is 6.92 Å². The first-order valence-corrected chi connectivity index (χ1v) is 6.16. The summed E-state index contributed by atoms with van der Waals surface area (Å²) < 4.78 is 12.6. The fourth-order valence-electron chi connectivity index (χ4n) is 2.05. The van der Waals surface area contributed by atoms with E-state index in [0.29, 0.717) is 12.6 Å². The van der Waals surface area contributed by atoms with Crippen molar-refractivity contribution in [3.8, 4) is 0 Å². The van der Waals surface area contributed by atoms with Gasteiger partial charge in [0, 0.05) is 39.1 Å². The number of rotatable bonds is 5. The lowest BCUT2D eigenvalue weighted by molar-refractivity contribution is 0.0902. The standard InChI is InChI=1S/C12H21N3O2/c1-10-9-15(5-8-16-2)12(13-10)14-11-3-6-17-7-4-11/h9,11H,3-8H2,1-2H3,(H,13,14). The van der Waals surface area contributed by atoms with Gasteiger partial charge in [0.15, 0.2) is 0 Å². The van der Waals surface area contributed by atoms with Crippen molar-refractivity contribution in [1.82, 2.24) is 9.55 Å². The van der Waals surface area contributed by atoms with Gasteiger partial charge in [0.2, 0.25) is 5.95 Å². The predicted molar refractivity (Wildman–Crippen MR) is 66.3 cm³/mol. The molecule has 0 radical (unpaired) electrons. The van der Waals surface area contributed by atoms with Gasteiger partial charge in [0.1, 0.15) is 0 Å². The second-order valence-electron chi connectivity index (χ2n) is 4.42. The first-order valence-electron chi connectivity index (χ1n) is 6.16. The van der Waals surface area contributed by atoms with E-state index in [1.54, 1.807) is 7.11 Å². The molecule has 1 fully saturated rings. The molecule has 17 heavy (non-hydrogen) atoms. The lowest BCUT2D eigenvalue weighted by Gasteiger charge is -2.23. The second kappa shape index (κ2) is 6.02. The Morgan fingerprint density at radius 2 is 2.29 bits per heavy atom. The summed E-state index contributed by atoms with van der Waals surface area (Å²) in [5.41, 5.74) is 1.04. The summed E-state index contributed by atoms with van der Waals surface area (Å²) in [6, 6.07) is 0.479. The van der Waals surface area contributed by atoms with E-state index in [1.165, 1.54) is 0 Å². The molecule has 0 amide bonds. The first-order chi connectivity index (χ1) is 8.29. The summed E-state index contributed by atoms with van der Waals surface area (Å²) in [4.78, 5) is 4.51. The van der Waals surface area contributed by atoms with Gasteiger partial charge < -0.3 is 19.4 Å². The molecule has 0 aromatic carbocycles. The molecule has 0 aliphatic carbocycles. The molecular weight excluding hydrogens is 218 g/mol. The van der Waals surface area contributed by atoms with Crippen molar-refractivity contribution in [2.45, 2.75) is 32.4 Å². The molecule has 1 saturated heterocycles. The topological polar surface area (TPSA) is 48.3 Å². The molecule has 5 heteroatoms. The molecule has 2 rings (SSSR count). The van der Waals surface area contributed by atoms with Gasteiger partial charge in [-0.15, -0.1) is 0 Å². The number of aryl methyl sites for hydroxylation is 1. The molecule has 1 aromatic rings. The zero-order chi connectivity index (χ0) is 12.1. The van der Waals surface area contributed by atoms with Crippen molar-refractivity contribution in [2.75, 3.05) is 32.2 Å². The van der Waals surface area contributed by atoms with Crippen molar-refractivity contribution in [1.29, 1.82) is 0 Å². The van der Waals surface area contributed by atoms with Crippen LogP contribution in [0.15, 0.2) is 6.20 Å². The number of anilines is 1. The van der Waals surface area contributed by atoms with Crippen LogP contribution in [-0.2, 0) is 16.0 Å². The van der Waals surface area contributed by atoms with Gasteiger partial charge in [-0.1, -0.05) is 0 Å². The Bertz CT molecular complexity index is 346. The number of hydrogen-bond acceptors (Lipinski definition) is 4. The number of hydrogen-bond donors (Lipinski definition) is 1. The van der Waals surface area contributed by atoms with Crippen molar-refractivity contribution < 1.29 is 9.47 Å². The Labute approximate surface area is 102 Å². The molecule has 0 bridgehead atoms. The Morgan fingerprint density at radius 1 is 1.53 bits per heavy atom. The SMILES string of the molecule is COCCn1cc(C)nc1NC1CCOCC1. The van der Waals surface area contributed by atoms with Crippen molar-refractivity contribution in [3.05, 3.63) is 11.9 Å². The highest BCUT2D eigenvalue weighted by molar-refractivity contribution is 5.30. The summed E-state index contributed by atoms with van der Waals surface area (Å²) in [6.45, 7) is 5.24. The normalized spacial score (nSPS) is 17.3. The summed E-state index contributed by atoms with van der Waals surface area (Å²) in [6.07, 6.45) is 4.16. The average molecular weight is 239 g/mol. The van der Waals surface area contributed by atoms with Crippen LogP contribution in [0.4, 0.5) is 5.95 Å². The third-order valence-corrected chi connectivity index (χ3v) is 2.99. The van der Waals surface area contributed by atoms with E-state index in [2.05, 4.69) is 21.1 Å². The van der Waals surface area contributed by atoms with Gasteiger partial charge in [0.05, 0.1) is 12.3 Å². The quantitative estimate of drug-likeness (QED) is 0.844. The maximum absolute atomic E-state index is 5.35. The van der Waals surface area contributed by atoms with Crippen molar-refractivity contribution >= 4 is 5.95 Å². The van der Waals surface area contributed by atoms with Gasteiger partial charge in [-0.2, -0.15) is 0 Å². The third-order valence-electron chi connectivity index (χ3n) is 2.99. The highest BCUT2D eigenvalue weighted by atomic mass is 16.5. The van der Waals surface area contributed by atoms with Crippen LogP contribution in [0.5, 0.6) is 0 Å². The van der Waals surface area contributed by atoms with Crippen LogP contribution < -0.4 is 5.32 Å². The molecule has 96 valence electrons. The number of aromatic nitrogens is 2. The van der Waals surface area contributed by atoms with Crippen LogP contribution in [-0.4, -0.2) is 42.5 Å². The summed E-state index contributed by atoms with van der Waals surface area (Å²) in [5.74, 6) is 0.950. The second-order valence-corrected chi connectivity index (χ2v) is 4.42. The molecule has 0 atom stereocenters. The number of imidazole rings is 1. The summed E-state index contributed by atoms with van der Waals surface area (Å²) in [5, 5.41) is 3.50. The van der Waals surface area contributed by atoms with Gasteiger partial charge in [-0.25, -0.2) is 4.98 Å². The number of methoxy groups -OCH3 is 1. The first kappa shape index (κ1) is 12.4. The van der Waals surface area contributed by atoms with Crippen LogP contribution in [0.3, 0.4) is 0 Å². The minimum absolute atomic E-state index is 0.479. The highest BCUT2D eigenvalue weighted by Gasteiger charge is 2.16. The van der Waals surface area contributed by atoms with Crippen molar-refractivity contribution in [2.24, 2.45) is 0 Å². The molecule has 5 nitrogen and oxygen atoms in total. The van der Waals surface area contributed by atoms with E-state index in [0.717, 1.165) is 44.2 Å². The zero-order valence-electron chi connectivity index (χ0n) is 10.6. The molecule has 0 unspecified atom stereocenters. The molecule has 0 saturated carbocycles. The molecular formula is C12H21N3O2. The summed E-state index contributed by atoms with van der Waals surface area (Å²) >= 11 is 0. The maximum atomic E-state index is 5.35. The zero-order valence-corrected chi connectivity index (χ0v) is 10.6. The van der Waals surface area contributed by atoms with Gasteiger partial charge in [0.25, 0.3) is 0 Å². The molecule has 1 aliphatic heterocycles. The molecule has 1 aromatic heterocycles. The minimum atomic E-state index is 0.479. The smallest absolute Gasteiger partial charge is 0.203 e. The average Bonchev–Trinajstić information content (AvgIpc) is 2.68. The lowest BCUT2D eigenvalue weighted by Crippen LogP contribution is -2.29. The van der Waals surface area contributed by atoms with E-state index >= 15 is 0 Å². The molecule has 1 N–H and O–H groups in total. The Morgan fingerprint density at radius 3 is 3.00 bits per heavy atom. The van der Waals surface area contributed by atoms with E-state index in [9.17, 15) is 0 Å². The highest BCUT2D eigenvalue weighted by Crippen LogP contribution is 2.15. The van der Waals surface area contributed by atoms with E-state index in [1.807, 2.05) is 6.92 Å². The summed E-state index contributed by atoms with van der Waals surface area (Å²) in [7, 11) is 1.72. The Kier molecular flexibility index (Phi) is 4.39. The molecule has 0 spiro atoms. The number of ether oxygens (including phenoxy) is 2. The van der Waals surface area contributed by atoms with Crippen LogP contribution in [0.25, 0.3) is 0 Å². The lowest BCUT2D eigenvalue weighted by atomic mass is 10.1. The fourth-order valence-corrected chi connectivity index (χ4v) is 2.05. The van der Waals surface area contributed by atoms with Gasteiger partial charge in [-0.3, -0.25) is 0 Å². The molecule has 2 heterocycles.